The number of aromatic nitrogens is 1. The van der Waals surface area contributed by atoms with Crippen molar-refractivity contribution in [2.45, 2.75) is 19.6 Å². The lowest BCUT2D eigenvalue weighted by atomic mass is 10.1. The lowest BCUT2D eigenvalue weighted by Gasteiger charge is -2.12. The molecule has 1 heterocycles. The lowest BCUT2D eigenvalue weighted by Crippen LogP contribution is -2.34. The molecule has 2 rings (SSSR count). The SMILES string of the molecule is COCC(C)NC(=O)C=Cc1cc(OC)ccc1OCc1ccccn1. The molecule has 1 amide bonds. The van der Waals surface area contributed by atoms with Gasteiger partial charge in [-0.05, 0) is 43.3 Å². The van der Waals surface area contributed by atoms with Gasteiger partial charge in [0.1, 0.15) is 18.1 Å². The van der Waals surface area contributed by atoms with Gasteiger partial charge in [-0.3, -0.25) is 9.78 Å². The van der Waals surface area contributed by atoms with E-state index in [9.17, 15) is 4.79 Å². The number of nitrogens with zero attached hydrogens (tertiary/aromatic N) is 1. The van der Waals surface area contributed by atoms with Crippen molar-refractivity contribution in [1.29, 1.82) is 0 Å². The number of hydrogen-bond acceptors (Lipinski definition) is 5. The van der Waals surface area contributed by atoms with Crippen LogP contribution >= 0.6 is 0 Å². The van der Waals surface area contributed by atoms with Gasteiger partial charge in [0.05, 0.1) is 19.4 Å². The first-order chi connectivity index (χ1) is 12.6. The quantitative estimate of drug-likeness (QED) is 0.700. The molecular formula is C20H24N2O4. The molecule has 0 aliphatic heterocycles. The number of nitrogens with one attached hydrogen (secondary N) is 1. The summed E-state index contributed by atoms with van der Waals surface area (Å²) in [7, 11) is 3.19. The van der Waals surface area contributed by atoms with E-state index in [2.05, 4.69) is 10.3 Å². The van der Waals surface area contributed by atoms with Crippen LogP contribution in [-0.4, -0.2) is 37.8 Å². The van der Waals surface area contributed by atoms with Gasteiger partial charge in [-0.15, -0.1) is 0 Å². The summed E-state index contributed by atoms with van der Waals surface area (Å²) < 4.78 is 16.1. The molecule has 1 aromatic heterocycles. The summed E-state index contributed by atoms with van der Waals surface area (Å²) in [5.74, 6) is 1.13. The Kier molecular flexibility index (Phi) is 7.64. The number of hydrogen-bond donors (Lipinski definition) is 1. The van der Waals surface area contributed by atoms with Crippen LogP contribution in [0.15, 0.2) is 48.7 Å². The van der Waals surface area contributed by atoms with E-state index in [-0.39, 0.29) is 11.9 Å². The molecule has 2 aromatic rings. The van der Waals surface area contributed by atoms with Crippen LogP contribution in [0.5, 0.6) is 11.5 Å². The van der Waals surface area contributed by atoms with Gasteiger partial charge < -0.3 is 19.5 Å². The molecular weight excluding hydrogens is 332 g/mol. The second-order valence-corrected chi connectivity index (χ2v) is 5.71. The maximum absolute atomic E-state index is 12.0. The van der Waals surface area contributed by atoms with Gasteiger partial charge in [-0.1, -0.05) is 6.07 Å². The fraction of sp³-hybridized carbons (Fsp3) is 0.300. The zero-order chi connectivity index (χ0) is 18.8. The van der Waals surface area contributed by atoms with Crippen molar-refractivity contribution in [3.63, 3.8) is 0 Å². The second kappa shape index (κ2) is 10.2. The predicted octanol–water partition coefficient (Wildman–Crippen LogP) is 2.83. The highest BCUT2D eigenvalue weighted by molar-refractivity contribution is 5.92. The Hall–Kier alpha value is -2.86. The third-order valence-corrected chi connectivity index (χ3v) is 3.54. The van der Waals surface area contributed by atoms with Crippen LogP contribution < -0.4 is 14.8 Å². The summed E-state index contributed by atoms with van der Waals surface area (Å²) in [5, 5.41) is 2.82. The summed E-state index contributed by atoms with van der Waals surface area (Å²) in [6, 6.07) is 11.0. The first-order valence-electron chi connectivity index (χ1n) is 8.30. The second-order valence-electron chi connectivity index (χ2n) is 5.71. The summed E-state index contributed by atoms with van der Waals surface area (Å²) in [5.41, 5.74) is 1.57. The monoisotopic (exact) mass is 356 g/mol. The summed E-state index contributed by atoms with van der Waals surface area (Å²) in [6.45, 7) is 2.67. The molecule has 0 aliphatic carbocycles. The Balaban J connectivity index is 2.09. The molecule has 0 bridgehead atoms. The first-order valence-corrected chi connectivity index (χ1v) is 8.30. The fourth-order valence-electron chi connectivity index (χ4n) is 2.30. The molecule has 6 nitrogen and oxygen atoms in total. The smallest absolute Gasteiger partial charge is 0.244 e. The summed E-state index contributed by atoms with van der Waals surface area (Å²) in [4.78, 5) is 16.2. The topological polar surface area (TPSA) is 69.7 Å². The van der Waals surface area contributed by atoms with Crippen LogP contribution in [0.1, 0.15) is 18.2 Å². The van der Waals surface area contributed by atoms with Crippen LogP contribution in [0.2, 0.25) is 0 Å². The highest BCUT2D eigenvalue weighted by Crippen LogP contribution is 2.26. The van der Waals surface area contributed by atoms with E-state index < -0.39 is 0 Å². The number of amides is 1. The van der Waals surface area contributed by atoms with E-state index >= 15 is 0 Å². The van der Waals surface area contributed by atoms with Crippen LogP contribution in [0, 0.1) is 0 Å². The average Bonchev–Trinajstić information content (AvgIpc) is 2.66. The van der Waals surface area contributed by atoms with Crippen LogP contribution in [0.3, 0.4) is 0 Å². The van der Waals surface area contributed by atoms with Gasteiger partial charge in [0.15, 0.2) is 0 Å². The van der Waals surface area contributed by atoms with E-state index in [4.69, 9.17) is 14.2 Å². The van der Waals surface area contributed by atoms with Gasteiger partial charge >= 0.3 is 0 Å². The predicted molar refractivity (Wildman–Crippen MR) is 100 cm³/mol. The number of rotatable bonds is 9. The third-order valence-electron chi connectivity index (χ3n) is 3.54. The molecule has 26 heavy (non-hydrogen) atoms. The molecule has 1 N–H and O–H groups in total. The lowest BCUT2D eigenvalue weighted by molar-refractivity contribution is -0.117. The Morgan fingerprint density at radius 1 is 1.27 bits per heavy atom. The van der Waals surface area contributed by atoms with Crippen molar-refractivity contribution >= 4 is 12.0 Å². The van der Waals surface area contributed by atoms with Gasteiger partial charge in [0, 0.05) is 31.0 Å². The van der Waals surface area contributed by atoms with Gasteiger partial charge in [-0.25, -0.2) is 0 Å². The van der Waals surface area contributed by atoms with Gasteiger partial charge in [-0.2, -0.15) is 0 Å². The van der Waals surface area contributed by atoms with E-state index in [1.165, 1.54) is 6.08 Å². The minimum absolute atomic E-state index is 0.0673. The molecule has 0 spiro atoms. The number of methoxy groups -OCH3 is 2. The Morgan fingerprint density at radius 3 is 2.81 bits per heavy atom. The average molecular weight is 356 g/mol. The van der Waals surface area contributed by atoms with Crippen molar-refractivity contribution in [3.05, 3.63) is 59.9 Å². The number of benzene rings is 1. The molecule has 1 unspecified atom stereocenters. The highest BCUT2D eigenvalue weighted by atomic mass is 16.5. The van der Waals surface area contributed by atoms with Crippen molar-refractivity contribution in [2.24, 2.45) is 0 Å². The van der Waals surface area contributed by atoms with Crippen molar-refractivity contribution in [2.75, 3.05) is 20.8 Å². The molecule has 1 atom stereocenters. The number of ether oxygens (including phenoxy) is 3. The third kappa shape index (κ3) is 6.22. The van der Waals surface area contributed by atoms with Crippen LogP contribution in [0.4, 0.5) is 0 Å². The minimum Gasteiger partial charge on any atom is -0.497 e. The van der Waals surface area contributed by atoms with Crippen molar-refractivity contribution in [3.8, 4) is 11.5 Å². The Labute approximate surface area is 153 Å². The van der Waals surface area contributed by atoms with Gasteiger partial charge in [0.25, 0.3) is 0 Å². The zero-order valence-corrected chi connectivity index (χ0v) is 15.3. The molecule has 6 heteroatoms. The zero-order valence-electron chi connectivity index (χ0n) is 15.3. The molecule has 138 valence electrons. The van der Waals surface area contributed by atoms with Crippen molar-refractivity contribution < 1.29 is 19.0 Å². The Morgan fingerprint density at radius 2 is 2.12 bits per heavy atom. The molecule has 0 saturated heterocycles. The fourth-order valence-corrected chi connectivity index (χ4v) is 2.30. The largest absolute Gasteiger partial charge is 0.497 e. The summed E-state index contributed by atoms with van der Waals surface area (Å²) >= 11 is 0. The van der Waals surface area contributed by atoms with Crippen LogP contribution in [-0.2, 0) is 16.1 Å². The van der Waals surface area contributed by atoms with E-state index in [0.29, 0.717) is 24.7 Å². The summed E-state index contributed by atoms with van der Waals surface area (Å²) in [6.07, 6.45) is 4.89. The minimum atomic E-state index is -0.201. The molecule has 0 radical (unpaired) electrons. The highest BCUT2D eigenvalue weighted by Gasteiger charge is 2.07. The van der Waals surface area contributed by atoms with Gasteiger partial charge in [0.2, 0.25) is 5.91 Å². The normalized spacial score (nSPS) is 12.0. The van der Waals surface area contributed by atoms with E-state index in [1.54, 1.807) is 26.5 Å². The van der Waals surface area contributed by atoms with Crippen LogP contribution in [0.25, 0.3) is 6.08 Å². The molecule has 0 saturated carbocycles. The maximum atomic E-state index is 12.0. The molecule has 1 aromatic carbocycles. The first kappa shape index (κ1) is 19.5. The standard InChI is InChI=1S/C20H24N2O4/c1-15(13-24-2)22-20(23)10-7-16-12-18(25-3)8-9-19(16)26-14-17-6-4-5-11-21-17/h4-12,15H,13-14H2,1-3H3,(H,22,23). The number of carbonyl (C=O) groups is 1. The number of pyridine rings is 1. The van der Waals surface area contributed by atoms with Crippen molar-refractivity contribution in [1.82, 2.24) is 10.3 Å². The molecule has 0 aliphatic rings. The van der Waals surface area contributed by atoms with E-state index in [0.717, 1.165) is 11.3 Å². The number of carbonyl (C=O) groups excluding carboxylic acids is 1. The van der Waals surface area contributed by atoms with E-state index in [1.807, 2.05) is 43.3 Å². The Bertz CT molecular complexity index is 732. The maximum Gasteiger partial charge on any atom is 0.244 e. The molecule has 0 fully saturated rings.